The van der Waals surface area contributed by atoms with Crippen molar-refractivity contribution in [2.45, 2.75) is 32.4 Å². The third kappa shape index (κ3) is 3.64. The summed E-state index contributed by atoms with van der Waals surface area (Å²) in [5.74, 6) is -2.08. The molecule has 3 amide bonds. The maximum Gasteiger partial charge on any atom is 0.270 e. The van der Waals surface area contributed by atoms with E-state index in [-0.39, 0.29) is 23.2 Å². The van der Waals surface area contributed by atoms with Crippen molar-refractivity contribution in [2.24, 2.45) is 0 Å². The Morgan fingerprint density at radius 2 is 1.74 bits per heavy atom. The summed E-state index contributed by atoms with van der Waals surface area (Å²) in [4.78, 5) is 39.4. The maximum absolute atomic E-state index is 13.0. The van der Waals surface area contributed by atoms with Gasteiger partial charge >= 0.3 is 0 Å². The fourth-order valence-corrected chi connectivity index (χ4v) is 3.88. The highest BCUT2D eigenvalue weighted by Gasteiger charge is 2.43. The molecule has 0 bridgehead atoms. The van der Waals surface area contributed by atoms with Gasteiger partial charge in [-0.3, -0.25) is 14.4 Å². The standard InChI is InChI=1S/C24H23N3O4/c1-13(28)11-17-8-10-19-20(21(17)25)24(31)27(23(19)30)22(29)14(2)26-18-9-7-15-5-3-4-6-16(15)12-18/h3-10,12-14,26,28H,11,25H2,1-2H3. The van der Waals surface area contributed by atoms with Gasteiger partial charge in [-0.05, 0) is 48.4 Å². The molecule has 1 aliphatic heterocycles. The number of aliphatic hydroxyl groups is 1. The zero-order chi connectivity index (χ0) is 22.3. The van der Waals surface area contributed by atoms with Crippen molar-refractivity contribution in [1.29, 1.82) is 0 Å². The Morgan fingerprint density at radius 1 is 1.03 bits per heavy atom. The third-order valence-electron chi connectivity index (χ3n) is 5.43. The lowest BCUT2D eigenvalue weighted by Crippen LogP contribution is -2.44. The van der Waals surface area contributed by atoms with Crippen LogP contribution >= 0.6 is 0 Å². The van der Waals surface area contributed by atoms with Crippen LogP contribution in [0.1, 0.15) is 40.1 Å². The molecule has 2 atom stereocenters. The minimum Gasteiger partial charge on any atom is -0.398 e. The number of amides is 3. The Hall–Kier alpha value is -3.71. The molecular weight excluding hydrogens is 394 g/mol. The second kappa shape index (κ2) is 7.85. The first-order valence-corrected chi connectivity index (χ1v) is 10.0. The number of carbonyl (C=O) groups is 3. The Balaban J connectivity index is 1.58. The molecule has 1 heterocycles. The normalized spacial score (nSPS) is 15.1. The van der Waals surface area contributed by atoms with E-state index in [9.17, 15) is 19.5 Å². The number of fused-ring (bicyclic) bond motifs is 2. The number of nitrogens with one attached hydrogen (secondary N) is 1. The molecule has 1 aliphatic rings. The van der Waals surface area contributed by atoms with Gasteiger partial charge in [0.2, 0.25) is 0 Å². The van der Waals surface area contributed by atoms with Crippen molar-refractivity contribution in [1.82, 2.24) is 4.90 Å². The molecule has 3 aromatic rings. The predicted octanol–water partition coefficient (Wildman–Crippen LogP) is 2.97. The highest BCUT2D eigenvalue weighted by atomic mass is 16.3. The number of benzene rings is 3. The van der Waals surface area contributed by atoms with Crippen LogP contribution < -0.4 is 11.1 Å². The van der Waals surface area contributed by atoms with Gasteiger partial charge in [0.1, 0.15) is 6.04 Å². The van der Waals surface area contributed by atoms with Crippen LogP contribution in [0.15, 0.2) is 54.6 Å². The lowest BCUT2D eigenvalue weighted by Gasteiger charge is -2.19. The smallest absolute Gasteiger partial charge is 0.270 e. The second-order valence-electron chi connectivity index (χ2n) is 7.83. The lowest BCUT2D eigenvalue weighted by atomic mass is 9.99. The molecule has 7 heteroatoms. The van der Waals surface area contributed by atoms with Crippen LogP contribution in [0.4, 0.5) is 11.4 Å². The monoisotopic (exact) mass is 417 g/mol. The number of nitrogen functional groups attached to an aromatic ring is 1. The van der Waals surface area contributed by atoms with E-state index in [4.69, 9.17) is 5.73 Å². The number of imide groups is 3. The molecule has 31 heavy (non-hydrogen) atoms. The molecular formula is C24H23N3O4. The number of anilines is 2. The maximum atomic E-state index is 13.0. The van der Waals surface area contributed by atoms with Crippen molar-refractivity contribution in [3.05, 3.63) is 71.3 Å². The second-order valence-corrected chi connectivity index (χ2v) is 7.83. The predicted molar refractivity (Wildman–Crippen MR) is 119 cm³/mol. The van der Waals surface area contributed by atoms with Crippen LogP contribution in [0.2, 0.25) is 0 Å². The van der Waals surface area contributed by atoms with Crippen LogP contribution in [-0.2, 0) is 11.2 Å². The van der Waals surface area contributed by atoms with E-state index in [1.165, 1.54) is 6.07 Å². The fraction of sp³-hybridized carbons (Fsp3) is 0.208. The summed E-state index contributed by atoms with van der Waals surface area (Å²) < 4.78 is 0. The molecule has 2 unspecified atom stereocenters. The van der Waals surface area contributed by atoms with E-state index >= 15 is 0 Å². The average molecular weight is 417 g/mol. The molecule has 158 valence electrons. The summed E-state index contributed by atoms with van der Waals surface area (Å²) in [6.45, 7) is 3.21. The summed E-state index contributed by atoms with van der Waals surface area (Å²) in [6, 6.07) is 15.8. The lowest BCUT2D eigenvalue weighted by molar-refractivity contribution is -0.126. The zero-order valence-electron chi connectivity index (χ0n) is 17.3. The minimum absolute atomic E-state index is 0.0226. The number of aliphatic hydroxyl groups excluding tert-OH is 1. The van der Waals surface area contributed by atoms with Crippen molar-refractivity contribution < 1.29 is 19.5 Å². The van der Waals surface area contributed by atoms with Crippen LogP contribution in [0.3, 0.4) is 0 Å². The number of carbonyl (C=O) groups excluding carboxylic acids is 3. The van der Waals surface area contributed by atoms with Gasteiger partial charge in [0.25, 0.3) is 17.7 Å². The SMILES string of the molecule is CC(O)Cc1ccc2c(c1N)C(=O)N(C(=O)C(C)Nc1ccc3ccccc3c1)C2=O. The van der Waals surface area contributed by atoms with Gasteiger partial charge in [-0.2, -0.15) is 0 Å². The minimum atomic E-state index is -0.818. The number of hydrogen-bond acceptors (Lipinski definition) is 6. The van der Waals surface area contributed by atoms with Gasteiger partial charge in [-0.1, -0.05) is 36.4 Å². The largest absolute Gasteiger partial charge is 0.398 e. The molecule has 0 spiro atoms. The van der Waals surface area contributed by atoms with E-state index < -0.39 is 29.9 Å². The van der Waals surface area contributed by atoms with Gasteiger partial charge in [0.05, 0.1) is 17.2 Å². The number of rotatable bonds is 5. The van der Waals surface area contributed by atoms with Gasteiger partial charge in [0.15, 0.2) is 0 Å². The molecule has 0 aromatic heterocycles. The zero-order valence-corrected chi connectivity index (χ0v) is 17.3. The summed E-state index contributed by atoms with van der Waals surface area (Å²) in [5, 5.41) is 14.8. The van der Waals surface area contributed by atoms with Gasteiger partial charge in [-0.15, -0.1) is 0 Å². The molecule has 7 nitrogen and oxygen atoms in total. The molecule has 0 saturated heterocycles. The van der Waals surface area contributed by atoms with E-state index in [1.807, 2.05) is 42.5 Å². The van der Waals surface area contributed by atoms with E-state index in [2.05, 4.69) is 5.32 Å². The van der Waals surface area contributed by atoms with Crippen molar-refractivity contribution in [3.8, 4) is 0 Å². The van der Waals surface area contributed by atoms with Gasteiger partial charge in [-0.25, -0.2) is 4.90 Å². The summed E-state index contributed by atoms with van der Waals surface area (Å²) in [7, 11) is 0. The van der Waals surface area contributed by atoms with E-state index in [0.29, 0.717) is 16.2 Å². The van der Waals surface area contributed by atoms with Crippen molar-refractivity contribution >= 4 is 39.9 Å². The Morgan fingerprint density at radius 3 is 2.45 bits per heavy atom. The molecule has 0 aliphatic carbocycles. The molecule has 0 fully saturated rings. The number of nitrogens with two attached hydrogens (primary N) is 1. The van der Waals surface area contributed by atoms with Crippen LogP contribution in [0, 0.1) is 0 Å². The van der Waals surface area contributed by atoms with Gasteiger partial charge in [0, 0.05) is 17.8 Å². The fourth-order valence-electron chi connectivity index (χ4n) is 3.88. The summed E-state index contributed by atoms with van der Waals surface area (Å²) in [6.07, 6.45) is -0.412. The number of hydrogen-bond donors (Lipinski definition) is 3. The quantitative estimate of drug-likeness (QED) is 0.435. The first kappa shape index (κ1) is 20.6. The third-order valence-corrected chi connectivity index (χ3v) is 5.43. The van der Waals surface area contributed by atoms with Crippen LogP contribution in [0.5, 0.6) is 0 Å². The highest BCUT2D eigenvalue weighted by molar-refractivity contribution is 6.31. The van der Waals surface area contributed by atoms with E-state index in [0.717, 1.165) is 10.8 Å². The molecule has 4 N–H and O–H groups in total. The molecule has 3 aromatic carbocycles. The van der Waals surface area contributed by atoms with Crippen molar-refractivity contribution in [3.63, 3.8) is 0 Å². The van der Waals surface area contributed by atoms with Crippen LogP contribution in [-0.4, -0.2) is 39.9 Å². The summed E-state index contributed by atoms with van der Waals surface area (Å²) >= 11 is 0. The highest BCUT2D eigenvalue weighted by Crippen LogP contribution is 2.31. The van der Waals surface area contributed by atoms with Crippen LogP contribution in [0.25, 0.3) is 10.8 Å². The Labute approximate surface area is 179 Å². The van der Waals surface area contributed by atoms with Gasteiger partial charge < -0.3 is 16.2 Å². The Bertz CT molecular complexity index is 1220. The number of nitrogens with zero attached hydrogens (tertiary/aromatic N) is 1. The first-order chi connectivity index (χ1) is 14.8. The Kier molecular flexibility index (Phi) is 5.20. The topological polar surface area (TPSA) is 113 Å². The molecule has 0 radical (unpaired) electrons. The molecule has 4 rings (SSSR count). The van der Waals surface area contributed by atoms with Crippen molar-refractivity contribution in [2.75, 3.05) is 11.1 Å². The first-order valence-electron chi connectivity index (χ1n) is 10.0. The summed E-state index contributed by atoms with van der Waals surface area (Å²) in [5.41, 5.74) is 7.63. The average Bonchev–Trinajstić information content (AvgIpc) is 2.99. The van der Waals surface area contributed by atoms with E-state index in [1.54, 1.807) is 19.9 Å². The molecule has 0 saturated carbocycles.